The number of carbonyl (C=O) groups is 2. The molecule has 1 aromatic rings. The Morgan fingerprint density at radius 2 is 2.03 bits per heavy atom. The summed E-state index contributed by atoms with van der Waals surface area (Å²) in [6.45, 7) is 9.79. The van der Waals surface area contributed by atoms with Crippen LogP contribution in [0.1, 0.15) is 12.1 Å². The molecule has 2 saturated heterocycles. The standard InChI is InChI=1S/C21H30N4O5Si/c1-31(2,3)9-8-29-19(26)17-5-4-16-18(23-17)10-15(11-22-16)24-6-7-30-21(12-24)13-25(14-21)20(27)28/h10-11H,4-9,12-14H2,1-3H3,(H,27,28). The third-order valence-electron chi connectivity index (χ3n) is 5.95. The maximum Gasteiger partial charge on any atom is 0.407 e. The number of hydrogen-bond acceptors (Lipinski definition) is 7. The number of morpholine rings is 1. The van der Waals surface area contributed by atoms with Crippen LogP contribution < -0.4 is 4.90 Å². The third kappa shape index (κ3) is 4.90. The van der Waals surface area contributed by atoms with Gasteiger partial charge in [-0.25, -0.2) is 14.6 Å². The molecule has 0 bridgehead atoms. The highest BCUT2D eigenvalue weighted by molar-refractivity contribution is 6.76. The zero-order chi connectivity index (χ0) is 22.2. The van der Waals surface area contributed by atoms with Gasteiger partial charge in [0.15, 0.2) is 0 Å². The van der Waals surface area contributed by atoms with Crippen molar-refractivity contribution in [1.29, 1.82) is 0 Å². The second kappa shape index (κ2) is 8.23. The maximum absolute atomic E-state index is 12.5. The van der Waals surface area contributed by atoms with Crippen LogP contribution in [0.5, 0.6) is 0 Å². The minimum Gasteiger partial charge on any atom is -0.465 e. The topological polar surface area (TPSA) is 105 Å². The van der Waals surface area contributed by atoms with E-state index < -0.39 is 19.8 Å². The lowest BCUT2D eigenvalue weighted by Crippen LogP contribution is -2.71. The molecule has 1 amide bonds. The molecule has 0 aromatic carbocycles. The lowest BCUT2D eigenvalue weighted by atomic mass is 9.92. The summed E-state index contributed by atoms with van der Waals surface area (Å²) >= 11 is 0. The number of hydrogen-bond donors (Lipinski definition) is 1. The Kier molecular flexibility index (Phi) is 5.78. The normalized spacial score (nSPS) is 20.0. The Labute approximate surface area is 183 Å². The number of anilines is 1. The van der Waals surface area contributed by atoms with E-state index in [-0.39, 0.29) is 5.97 Å². The molecule has 1 N–H and O–H groups in total. The van der Waals surface area contributed by atoms with Crippen molar-refractivity contribution >= 4 is 37.2 Å². The van der Waals surface area contributed by atoms with Crippen LogP contribution in [0, 0.1) is 0 Å². The van der Waals surface area contributed by atoms with Gasteiger partial charge in [-0.3, -0.25) is 4.98 Å². The summed E-state index contributed by atoms with van der Waals surface area (Å²) in [6, 6.07) is 2.90. The van der Waals surface area contributed by atoms with Crippen molar-refractivity contribution in [2.75, 3.05) is 44.3 Å². The van der Waals surface area contributed by atoms with Crippen LogP contribution in [0.2, 0.25) is 25.7 Å². The summed E-state index contributed by atoms with van der Waals surface area (Å²) in [4.78, 5) is 36.2. The molecule has 1 spiro atoms. The highest BCUT2D eigenvalue weighted by Crippen LogP contribution is 2.34. The van der Waals surface area contributed by atoms with Crippen molar-refractivity contribution in [1.82, 2.24) is 9.88 Å². The van der Waals surface area contributed by atoms with E-state index in [0.717, 1.165) is 17.4 Å². The summed E-state index contributed by atoms with van der Waals surface area (Å²) in [5, 5.41) is 9.12. The van der Waals surface area contributed by atoms with Crippen molar-refractivity contribution in [3.8, 4) is 0 Å². The number of pyridine rings is 1. The Bertz CT molecular complexity index is 908. The minimum atomic E-state index is -1.26. The number of esters is 1. The van der Waals surface area contributed by atoms with Crippen molar-refractivity contribution in [3.05, 3.63) is 18.0 Å². The molecule has 3 aliphatic rings. The molecule has 0 atom stereocenters. The third-order valence-corrected chi connectivity index (χ3v) is 7.65. The molecule has 10 heteroatoms. The number of carbonyl (C=O) groups excluding carboxylic acids is 1. The average Bonchev–Trinajstić information content (AvgIpc) is 2.70. The summed E-state index contributed by atoms with van der Waals surface area (Å²) in [5.74, 6) is -0.331. The fourth-order valence-electron chi connectivity index (χ4n) is 4.09. The molecule has 4 heterocycles. The van der Waals surface area contributed by atoms with E-state index in [1.807, 2.05) is 12.3 Å². The molecule has 0 radical (unpaired) electrons. The number of aliphatic imine (C=N–C) groups is 1. The highest BCUT2D eigenvalue weighted by Gasteiger charge is 2.49. The first-order valence-corrected chi connectivity index (χ1v) is 14.5. The Morgan fingerprint density at radius 3 is 2.74 bits per heavy atom. The number of rotatable bonds is 5. The van der Waals surface area contributed by atoms with Crippen LogP contribution in [0.15, 0.2) is 17.3 Å². The number of fused-ring (bicyclic) bond motifs is 1. The van der Waals surface area contributed by atoms with E-state index in [0.29, 0.717) is 63.6 Å². The lowest BCUT2D eigenvalue weighted by Gasteiger charge is -2.53. The van der Waals surface area contributed by atoms with Crippen molar-refractivity contribution in [2.45, 2.75) is 44.1 Å². The zero-order valence-corrected chi connectivity index (χ0v) is 19.4. The average molecular weight is 447 g/mol. The SMILES string of the molecule is C[Si](C)(C)CCOC(=O)C1=Nc2cc(N3CCOC4(CN(C(=O)O)C4)C3)cnc2CC1. The quantitative estimate of drug-likeness (QED) is 0.547. The first-order chi connectivity index (χ1) is 14.6. The first kappa shape index (κ1) is 21.8. The van der Waals surface area contributed by atoms with Gasteiger partial charge in [0.1, 0.15) is 11.3 Å². The Hall–Kier alpha value is -2.46. The largest absolute Gasteiger partial charge is 0.465 e. The van der Waals surface area contributed by atoms with Crippen molar-refractivity contribution < 1.29 is 24.2 Å². The van der Waals surface area contributed by atoms with Crippen LogP contribution in [0.3, 0.4) is 0 Å². The van der Waals surface area contributed by atoms with Crippen molar-refractivity contribution in [2.24, 2.45) is 4.99 Å². The van der Waals surface area contributed by atoms with E-state index in [9.17, 15) is 9.59 Å². The van der Waals surface area contributed by atoms with E-state index in [2.05, 4.69) is 34.5 Å². The van der Waals surface area contributed by atoms with Gasteiger partial charge in [0, 0.05) is 21.0 Å². The van der Waals surface area contributed by atoms with Gasteiger partial charge in [-0.1, -0.05) is 19.6 Å². The molecule has 0 unspecified atom stereocenters. The monoisotopic (exact) mass is 446 g/mol. The maximum atomic E-state index is 12.5. The molecular formula is C21H30N4O5Si. The molecule has 168 valence electrons. The van der Waals surface area contributed by atoms with Gasteiger partial charge in [-0.15, -0.1) is 0 Å². The molecule has 2 fully saturated rings. The second-order valence-electron chi connectivity index (χ2n) is 9.76. The van der Waals surface area contributed by atoms with Gasteiger partial charge in [-0.2, -0.15) is 0 Å². The molecule has 3 aliphatic heterocycles. The van der Waals surface area contributed by atoms with Crippen LogP contribution in [0.25, 0.3) is 0 Å². The van der Waals surface area contributed by atoms with E-state index in [4.69, 9.17) is 14.6 Å². The van der Waals surface area contributed by atoms with Gasteiger partial charge < -0.3 is 24.4 Å². The summed E-state index contributed by atoms with van der Waals surface area (Å²) in [7, 11) is -1.26. The predicted molar refractivity (Wildman–Crippen MR) is 119 cm³/mol. The summed E-state index contributed by atoms with van der Waals surface area (Å²) < 4.78 is 11.4. The van der Waals surface area contributed by atoms with Gasteiger partial charge >= 0.3 is 12.1 Å². The summed E-state index contributed by atoms with van der Waals surface area (Å²) in [5.41, 5.74) is 2.50. The highest BCUT2D eigenvalue weighted by atomic mass is 28.3. The van der Waals surface area contributed by atoms with E-state index in [1.165, 1.54) is 4.90 Å². The molecule has 9 nitrogen and oxygen atoms in total. The van der Waals surface area contributed by atoms with Crippen LogP contribution >= 0.6 is 0 Å². The fraction of sp³-hybridized carbons (Fsp3) is 0.619. The Balaban J connectivity index is 1.43. The van der Waals surface area contributed by atoms with Crippen LogP contribution in [0.4, 0.5) is 16.2 Å². The number of carboxylic acid groups (broad SMARTS) is 1. The smallest absolute Gasteiger partial charge is 0.407 e. The van der Waals surface area contributed by atoms with E-state index >= 15 is 0 Å². The van der Waals surface area contributed by atoms with Gasteiger partial charge in [-0.05, 0) is 18.5 Å². The first-order valence-electron chi connectivity index (χ1n) is 10.7. The second-order valence-corrected chi connectivity index (χ2v) is 15.4. The number of aromatic nitrogens is 1. The minimum absolute atomic E-state index is 0.331. The number of ether oxygens (including phenoxy) is 2. The van der Waals surface area contributed by atoms with Gasteiger partial charge in [0.05, 0.1) is 56.1 Å². The number of nitrogens with zero attached hydrogens (tertiary/aromatic N) is 4. The predicted octanol–water partition coefficient (Wildman–Crippen LogP) is 2.55. The molecule has 1 aromatic heterocycles. The number of aryl methyl sites for hydroxylation is 1. The number of amides is 1. The van der Waals surface area contributed by atoms with Gasteiger partial charge in [0.25, 0.3) is 0 Å². The fourth-order valence-corrected chi connectivity index (χ4v) is 4.81. The summed E-state index contributed by atoms with van der Waals surface area (Å²) in [6.07, 6.45) is 2.12. The Morgan fingerprint density at radius 1 is 1.26 bits per heavy atom. The van der Waals surface area contributed by atoms with Gasteiger partial charge in [0.2, 0.25) is 0 Å². The van der Waals surface area contributed by atoms with Crippen LogP contribution in [-0.2, 0) is 20.7 Å². The molecular weight excluding hydrogens is 416 g/mol. The molecule has 31 heavy (non-hydrogen) atoms. The molecule has 0 saturated carbocycles. The molecule has 4 rings (SSSR count). The van der Waals surface area contributed by atoms with Crippen LogP contribution in [-0.4, -0.2) is 85.8 Å². The zero-order valence-electron chi connectivity index (χ0n) is 18.4. The number of likely N-dealkylation sites (tertiary alicyclic amines) is 1. The lowest BCUT2D eigenvalue weighted by molar-refractivity contribution is -0.137. The van der Waals surface area contributed by atoms with E-state index in [1.54, 1.807) is 0 Å². The van der Waals surface area contributed by atoms with Crippen molar-refractivity contribution in [3.63, 3.8) is 0 Å². The molecule has 0 aliphatic carbocycles.